The Morgan fingerprint density at radius 1 is 1.14 bits per heavy atom. The van der Waals surface area contributed by atoms with Crippen molar-refractivity contribution in [3.63, 3.8) is 0 Å². The normalized spacial score (nSPS) is 11.0. The number of hydrogen-bond donors (Lipinski definition) is 1. The number of nitrogens with zero attached hydrogens (tertiary/aromatic N) is 2. The van der Waals surface area contributed by atoms with Gasteiger partial charge in [0.25, 0.3) is 5.56 Å². The van der Waals surface area contributed by atoms with E-state index in [9.17, 15) is 4.79 Å². The molecule has 0 bridgehead atoms. The molecule has 2 N–H and O–H groups in total. The summed E-state index contributed by atoms with van der Waals surface area (Å²) in [4.78, 5) is 12.5. The molecular formula is C17H25N3O. The fraction of sp³-hybridized carbons (Fsp3) is 0.471. The average Bonchev–Trinajstić information content (AvgIpc) is 2.66. The van der Waals surface area contributed by atoms with E-state index in [-0.39, 0.29) is 5.56 Å². The zero-order valence-electron chi connectivity index (χ0n) is 13.2. The van der Waals surface area contributed by atoms with Gasteiger partial charge in [-0.1, -0.05) is 50.1 Å². The second-order valence-corrected chi connectivity index (χ2v) is 5.59. The standard InChI is InChI=1S/C17H25N3O/c1-4-7-15-16(18)17(21)20(19(15)10-5-2)12-14-9-6-8-13(3)11-14/h6,8-9,11H,4-5,7,10,12,18H2,1-3H3. The summed E-state index contributed by atoms with van der Waals surface area (Å²) in [5, 5.41) is 0. The van der Waals surface area contributed by atoms with Gasteiger partial charge in [0.15, 0.2) is 0 Å². The van der Waals surface area contributed by atoms with Crippen LogP contribution in [0, 0.1) is 6.92 Å². The number of benzene rings is 1. The van der Waals surface area contributed by atoms with Crippen molar-refractivity contribution in [3.05, 3.63) is 51.4 Å². The quantitative estimate of drug-likeness (QED) is 0.888. The van der Waals surface area contributed by atoms with Crippen molar-refractivity contribution in [3.8, 4) is 0 Å². The molecular weight excluding hydrogens is 262 g/mol. The molecule has 0 radical (unpaired) electrons. The van der Waals surface area contributed by atoms with E-state index >= 15 is 0 Å². The van der Waals surface area contributed by atoms with Gasteiger partial charge >= 0.3 is 0 Å². The fourth-order valence-corrected chi connectivity index (χ4v) is 2.77. The van der Waals surface area contributed by atoms with Gasteiger partial charge < -0.3 is 5.73 Å². The Hall–Kier alpha value is -1.97. The highest BCUT2D eigenvalue weighted by atomic mass is 16.1. The van der Waals surface area contributed by atoms with Gasteiger partial charge in [-0.3, -0.25) is 9.48 Å². The highest BCUT2D eigenvalue weighted by Gasteiger charge is 2.16. The van der Waals surface area contributed by atoms with Crippen molar-refractivity contribution in [1.29, 1.82) is 0 Å². The Morgan fingerprint density at radius 2 is 1.90 bits per heavy atom. The number of aromatic nitrogens is 2. The van der Waals surface area contributed by atoms with Crippen LogP contribution in [0.2, 0.25) is 0 Å². The molecule has 2 aromatic rings. The van der Waals surface area contributed by atoms with Crippen molar-refractivity contribution >= 4 is 5.69 Å². The van der Waals surface area contributed by atoms with Gasteiger partial charge in [0.2, 0.25) is 0 Å². The number of aryl methyl sites for hydroxylation is 1. The zero-order chi connectivity index (χ0) is 15.4. The van der Waals surface area contributed by atoms with E-state index in [0.717, 1.165) is 37.1 Å². The highest BCUT2D eigenvalue weighted by molar-refractivity contribution is 5.42. The maximum absolute atomic E-state index is 12.5. The van der Waals surface area contributed by atoms with Crippen LogP contribution in [0.15, 0.2) is 29.1 Å². The van der Waals surface area contributed by atoms with Crippen LogP contribution in [0.4, 0.5) is 5.69 Å². The predicted octanol–water partition coefficient (Wildman–Crippen LogP) is 2.95. The molecule has 1 heterocycles. The predicted molar refractivity (Wildman–Crippen MR) is 87.7 cm³/mol. The summed E-state index contributed by atoms with van der Waals surface area (Å²) >= 11 is 0. The van der Waals surface area contributed by atoms with E-state index in [2.05, 4.69) is 43.7 Å². The van der Waals surface area contributed by atoms with Crippen LogP contribution >= 0.6 is 0 Å². The maximum Gasteiger partial charge on any atom is 0.290 e. The largest absolute Gasteiger partial charge is 0.393 e. The van der Waals surface area contributed by atoms with Crippen LogP contribution in [0.5, 0.6) is 0 Å². The van der Waals surface area contributed by atoms with Crippen molar-refractivity contribution in [1.82, 2.24) is 9.36 Å². The number of rotatable bonds is 6. The van der Waals surface area contributed by atoms with Gasteiger partial charge in [-0.2, -0.15) is 0 Å². The Labute approximate surface area is 126 Å². The molecule has 1 aromatic carbocycles. The number of hydrogen-bond acceptors (Lipinski definition) is 2. The Balaban J connectivity index is 2.46. The zero-order valence-corrected chi connectivity index (χ0v) is 13.2. The molecule has 0 saturated heterocycles. The van der Waals surface area contributed by atoms with Crippen molar-refractivity contribution < 1.29 is 0 Å². The van der Waals surface area contributed by atoms with Gasteiger partial charge in [-0.15, -0.1) is 0 Å². The van der Waals surface area contributed by atoms with Crippen molar-refractivity contribution in [2.24, 2.45) is 0 Å². The van der Waals surface area contributed by atoms with Gasteiger partial charge in [0, 0.05) is 6.54 Å². The minimum absolute atomic E-state index is 0.0617. The third-order valence-corrected chi connectivity index (χ3v) is 3.72. The van der Waals surface area contributed by atoms with E-state index in [0.29, 0.717) is 12.2 Å². The molecule has 0 saturated carbocycles. The lowest BCUT2D eigenvalue weighted by Crippen LogP contribution is -2.25. The lowest BCUT2D eigenvalue weighted by Gasteiger charge is -2.14. The Bertz CT molecular complexity index is 667. The third-order valence-electron chi connectivity index (χ3n) is 3.72. The summed E-state index contributed by atoms with van der Waals surface area (Å²) in [6, 6.07) is 8.26. The third kappa shape index (κ3) is 3.20. The van der Waals surface area contributed by atoms with E-state index in [1.54, 1.807) is 4.68 Å². The lowest BCUT2D eigenvalue weighted by atomic mass is 10.1. The lowest BCUT2D eigenvalue weighted by molar-refractivity contribution is 0.449. The number of nitrogens with two attached hydrogens (primary N) is 1. The first-order valence-electron chi connectivity index (χ1n) is 7.72. The van der Waals surface area contributed by atoms with Crippen LogP contribution in [0.25, 0.3) is 0 Å². The van der Waals surface area contributed by atoms with Gasteiger partial charge in [-0.25, -0.2) is 4.68 Å². The molecule has 4 nitrogen and oxygen atoms in total. The molecule has 21 heavy (non-hydrogen) atoms. The fourth-order valence-electron chi connectivity index (χ4n) is 2.77. The first kappa shape index (κ1) is 15.4. The molecule has 0 amide bonds. The van der Waals surface area contributed by atoms with Crippen LogP contribution in [-0.4, -0.2) is 9.36 Å². The Morgan fingerprint density at radius 3 is 2.52 bits per heavy atom. The molecule has 0 spiro atoms. The van der Waals surface area contributed by atoms with E-state index in [1.165, 1.54) is 5.56 Å². The summed E-state index contributed by atoms with van der Waals surface area (Å²) < 4.78 is 3.86. The molecule has 0 aliphatic carbocycles. The summed E-state index contributed by atoms with van der Waals surface area (Å²) in [7, 11) is 0. The summed E-state index contributed by atoms with van der Waals surface area (Å²) in [6.45, 7) is 7.70. The second-order valence-electron chi connectivity index (χ2n) is 5.59. The van der Waals surface area contributed by atoms with Crippen LogP contribution < -0.4 is 11.3 Å². The van der Waals surface area contributed by atoms with Crippen molar-refractivity contribution in [2.45, 2.75) is 53.1 Å². The molecule has 0 unspecified atom stereocenters. The molecule has 1 aromatic heterocycles. The minimum atomic E-state index is -0.0617. The first-order valence-corrected chi connectivity index (χ1v) is 7.72. The summed E-state index contributed by atoms with van der Waals surface area (Å²) in [6.07, 6.45) is 2.82. The molecule has 0 fully saturated rings. The Kier molecular flexibility index (Phi) is 4.89. The van der Waals surface area contributed by atoms with E-state index in [4.69, 9.17) is 5.73 Å². The van der Waals surface area contributed by atoms with E-state index in [1.807, 2.05) is 6.07 Å². The summed E-state index contributed by atoms with van der Waals surface area (Å²) in [5.74, 6) is 0. The molecule has 0 aliphatic heterocycles. The monoisotopic (exact) mass is 287 g/mol. The summed E-state index contributed by atoms with van der Waals surface area (Å²) in [5.41, 5.74) is 9.73. The highest BCUT2D eigenvalue weighted by Crippen LogP contribution is 2.14. The van der Waals surface area contributed by atoms with Gasteiger partial charge in [0.05, 0.1) is 12.2 Å². The second kappa shape index (κ2) is 6.66. The average molecular weight is 287 g/mol. The van der Waals surface area contributed by atoms with Crippen LogP contribution in [-0.2, 0) is 19.5 Å². The minimum Gasteiger partial charge on any atom is -0.393 e. The maximum atomic E-state index is 12.5. The van der Waals surface area contributed by atoms with Crippen molar-refractivity contribution in [2.75, 3.05) is 5.73 Å². The number of nitrogen functional groups attached to an aromatic ring is 1. The smallest absolute Gasteiger partial charge is 0.290 e. The van der Waals surface area contributed by atoms with Crippen LogP contribution in [0.3, 0.4) is 0 Å². The molecule has 0 aliphatic rings. The molecule has 114 valence electrons. The van der Waals surface area contributed by atoms with Gasteiger partial charge in [0.1, 0.15) is 5.69 Å². The SMILES string of the molecule is CCCc1c(N)c(=O)n(Cc2cccc(C)c2)n1CCC. The van der Waals surface area contributed by atoms with Gasteiger partial charge in [-0.05, 0) is 25.3 Å². The first-order chi connectivity index (χ1) is 10.1. The molecule has 2 rings (SSSR count). The molecule has 4 heteroatoms. The van der Waals surface area contributed by atoms with Crippen LogP contribution in [0.1, 0.15) is 43.5 Å². The van der Waals surface area contributed by atoms with E-state index < -0.39 is 0 Å². The number of anilines is 1. The topological polar surface area (TPSA) is 53.0 Å². The molecule has 0 atom stereocenters.